The van der Waals surface area contributed by atoms with Gasteiger partial charge in [-0.05, 0) is 212 Å². The van der Waals surface area contributed by atoms with Crippen LogP contribution in [0.4, 0.5) is 34.1 Å². The number of pyridine rings is 1. The average molecular weight is 1110 g/mol. The number of hydrogen-bond acceptors (Lipinski definition) is 3. The van der Waals surface area contributed by atoms with E-state index >= 15 is 0 Å². The van der Waals surface area contributed by atoms with Crippen molar-refractivity contribution in [3.8, 4) is 22.3 Å². The third-order valence-electron chi connectivity index (χ3n) is 19.7. The summed E-state index contributed by atoms with van der Waals surface area (Å²) in [7, 11) is 0. The first kappa shape index (κ1) is 56.7. The maximum atomic E-state index is 4.69. The summed E-state index contributed by atoms with van der Waals surface area (Å²) in [6.45, 7) is 42.5. The summed E-state index contributed by atoms with van der Waals surface area (Å²) in [5, 5.41) is 0. The molecule has 4 aliphatic rings. The van der Waals surface area contributed by atoms with Gasteiger partial charge >= 0.3 is 0 Å². The predicted octanol–water partition coefficient (Wildman–Crippen LogP) is 19.5. The number of aromatic nitrogens is 1. The van der Waals surface area contributed by atoms with Crippen LogP contribution in [0.2, 0.25) is 0 Å². The van der Waals surface area contributed by atoms with Gasteiger partial charge in [0.2, 0.25) is 0 Å². The minimum atomic E-state index is -0.590. The van der Waals surface area contributed by atoms with E-state index in [-0.39, 0.29) is 39.2 Å². The highest BCUT2D eigenvalue weighted by molar-refractivity contribution is 7.00. The molecule has 0 saturated heterocycles. The van der Waals surface area contributed by atoms with Gasteiger partial charge in [0.25, 0.3) is 6.71 Å². The molecule has 2 aliphatic carbocycles. The quantitative estimate of drug-likeness (QED) is 0.160. The van der Waals surface area contributed by atoms with Crippen molar-refractivity contribution in [2.75, 3.05) is 9.80 Å². The maximum absolute atomic E-state index is 4.69. The zero-order valence-corrected chi connectivity index (χ0v) is 54.2. The van der Waals surface area contributed by atoms with Crippen LogP contribution in [0.3, 0.4) is 0 Å². The fourth-order valence-electron chi connectivity index (χ4n) is 14.7. The van der Waals surface area contributed by atoms with E-state index in [1.165, 1.54) is 134 Å². The van der Waals surface area contributed by atoms with Gasteiger partial charge in [0, 0.05) is 46.4 Å². The Morgan fingerprint density at radius 1 is 0.388 bits per heavy atom. The SMILES string of the molecule is CC(C)(C)c1ccc(N2c3cc4c(cc3B3c5cc(C(C)(C)C)ccc5N(c5ccc(C(C)(C)C)cc5-c5cc(C(C)(C)C)cc(C(C)(C)C)c5)c5cc(C(C)(C)C)cc2c53)-c2ccc3c(c2C4(c2ccccc2)c2ccncc2)CCC3)cc1. The third kappa shape index (κ3) is 9.16. The molecule has 85 heavy (non-hydrogen) atoms. The summed E-state index contributed by atoms with van der Waals surface area (Å²) in [6.07, 6.45) is 7.37. The van der Waals surface area contributed by atoms with Crippen LogP contribution in [0, 0.1) is 0 Å². The predicted molar refractivity (Wildman–Crippen MR) is 365 cm³/mol. The van der Waals surface area contributed by atoms with Gasteiger partial charge in [-0.15, -0.1) is 0 Å². The molecule has 0 fully saturated rings. The number of rotatable bonds is 5. The maximum Gasteiger partial charge on any atom is 0.252 e. The fraction of sp³-hybridized carbons (Fsp3) is 0.346. The summed E-state index contributed by atoms with van der Waals surface area (Å²) in [5.74, 6) is 0. The van der Waals surface area contributed by atoms with Gasteiger partial charge in [-0.2, -0.15) is 0 Å². The van der Waals surface area contributed by atoms with Crippen molar-refractivity contribution in [2.45, 2.75) is 182 Å². The minimum Gasteiger partial charge on any atom is -0.311 e. The van der Waals surface area contributed by atoms with Crippen LogP contribution in [-0.4, -0.2) is 11.7 Å². The molecule has 0 radical (unpaired) electrons. The number of anilines is 6. The van der Waals surface area contributed by atoms with Crippen LogP contribution in [-0.2, 0) is 50.7 Å². The van der Waals surface area contributed by atoms with Crippen LogP contribution in [0.1, 0.15) is 198 Å². The number of hydrogen-bond donors (Lipinski definition) is 0. The molecule has 13 rings (SSSR count). The van der Waals surface area contributed by atoms with Crippen LogP contribution >= 0.6 is 0 Å². The second kappa shape index (κ2) is 19.3. The first-order chi connectivity index (χ1) is 39.9. The summed E-state index contributed by atoms with van der Waals surface area (Å²) < 4.78 is 0. The normalized spacial score (nSPS) is 16.4. The Balaban J connectivity index is 1.19. The van der Waals surface area contributed by atoms with Gasteiger partial charge in [-0.3, -0.25) is 4.98 Å². The summed E-state index contributed by atoms with van der Waals surface area (Å²) in [4.78, 5) is 10.1. The molecule has 0 saturated carbocycles. The second-order valence-electron chi connectivity index (χ2n) is 31.7. The Morgan fingerprint density at radius 2 is 0.918 bits per heavy atom. The van der Waals surface area contributed by atoms with Gasteiger partial charge in [0.1, 0.15) is 0 Å². The Kier molecular flexibility index (Phi) is 12.9. The van der Waals surface area contributed by atoms with Gasteiger partial charge in [-0.1, -0.05) is 222 Å². The first-order valence-electron chi connectivity index (χ1n) is 31.6. The standard InChI is InChI=1S/C81H88BN3/c1-75(2,3)52-28-32-60(33-29-52)84-70-49-65-64(62-34-27-50-23-22-26-61(50)73(62)81(65,53-24-20-19-21-25-53)54-37-39-83-40-38-54)48-67(70)82-66-45-56(77(7,8)9)31-36-69(66)85(72-47-59(80(16,17)18)46-71(84)74(72)82)68-35-30-55(76(4,5)6)44-63(68)51-41-57(78(10,11)12)43-58(42-51)79(13,14)15/h19-21,24-25,27-49H,22-23,26H2,1-18H3. The molecule has 3 nitrogen and oxygen atoms in total. The Morgan fingerprint density at radius 3 is 1.52 bits per heavy atom. The topological polar surface area (TPSA) is 19.4 Å². The van der Waals surface area contributed by atoms with Crippen molar-refractivity contribution in [1.29, 1.82) is 0 Å². The highest BCUT2D eigenvalue weighted by Crippen LogP contribution is 2.60. The molecule has 9 aromatic rings. The monoisotopic (exact) mass is 1110 g/mol. The molecular weight excluding hydrogens is 1030 g/mol. The molecule has 1 atom stereocenters. The van der Waals surface area contributed by atoms with Gasteiger partial charge in [-0.25, -0.2) is 0 Å². The molecule has 1 unspecified atom stereocenters. The van der Waals surface area contributed by atoms with Crippen LogP contribution in [0.5, 0.6) is 0 Å². The zero-order chi connectivity index (χ0) is 60.3. The van der Waals surface area contributed by atoms with Crippen LogP contribution in [0.15, 0.2) is 170 Å². The molecule has 3 heterocycles. The van der Waals surface area contributed by atoms with E-state index in [0.29, 0.717) is 0 Å². The van der Waals surface area contributed by atoms with Crippen LogP contribution in [0.25, 0.3) is 22.3 Å². The smallest absolute Gasteiger partial charge is 0.252 e. The number of benzene rings is 8. The van der Waals surface area contributed by atoms with Crippen molar-refractivity contribution in [3.63, 3.8) is 0 Å². The lowest BCUT2D eigenvalue weighted by Crippen LogP contribution is -2.61. The Hall–Kier alpha value is -7.43. The average Bonchev–Trinajstić information content (AvgIpc) is 2.01. The van der Waals surface area contributed by atoms with Crippen molar-refractivity contribution < 1.29 is 0 Å². The molecule has 0 bridgehead atoms. The first-order valence-corrected chi connectivity index (χ1v) is 31.6. The van der Waals surface area contributed by atoms with E-state index in [0.717, 1.165) is 24.9 Å². The number of fused-ring (bicyclic) bond motifs is 9. The lowest BCUT2D eigenvalue weighted by Gasteiger charge is -2.46. The lowest BCUT2D eigenvalue weighted by molar-refractivity contribution is 0.569. The molecule has 430 valence electrons. The molecule has 8 aromatic carbocycles. The molecule has 0 amide bonds. The minimum absolute atomic E-state index is 0.0172. The van der Waals surface area contributed by atoms with E-state index in [1.807, 2.05) is 12.4 Å². The highest BCUT2D eigenvalue weighted by atomic mass is 15.2. The Bertz CT molecular complexity index is 4070. The van der Waals surface area contributed by atoms with Gasteiger partial charge in [0.05, 0.1) is 11.1 Å². The van der Waals surface area contributed by atoms with Crippen molar-refractivity contribution in [3.05, 3.63) is 237 Å². The van der Waals surface area contributed by atoms with Gasteiger partial charge < -0.3 is 9.80 Å². The molecular formula is C81H88BN3. The third-order valence-corrected chi connectivity index (χ3v) is 19.7. The van der Waals surface area contributed by atoms with Crippen molar-refractivity contribution >= 4 is 57.2 Å². The molecule has 1 aromatic heterocycles. The molecule has 4 heteroatoms. The fourth-order valence-corrected chi connectivity index (χ4v) is 14.7. The van der Waals surface area contributed by atoms with E-state index < -0.39 is 5.41 Å². The largest absolute Gasteiger partial charge is 0.311 e. The van der Waals surface area contributed by atoms with E-state index in [9.17, 15) is 0 Å². The van der Waals surface area contributed by atoms with Crippen molar-refractivity contribution in [2.24, 2.45) is 0 Å². The van der Waals surface area contributed by atoms with Crippen LogP contribution < -0.4 is 26.2 Å². The number of aryl methyl sites for hydroxylation is 1. The lowest BCUT2D eigenvalue weighted by atomic mass is 9.33. The summed E-state index contributed by atoms with van der Waals surface area (Å²) in [5.41, 5.74) is 31.8. The second-order valence-corrected chi connectivity index (χ2v) is 31.7. The van der Waals surface area contributed by atoms with E-state index in [1.54, 1.807) is 0 Å². The summed E-state index contributed by atoms with van der Waals surface area (Å²) >= 11 is 0. The molecule has 0 spiro atoms. The van der Waals surface area contributed by atoms with Gasteiger partial charge in [0.15, 0.2) is 0 Å². The van der Waals surface area contributed by atoms with E-state index in [4.69, 9.17) is 0 Å². The van der Waals surface area contributed by atoms with Crippen molar-refractivity contribution in [1.82, 2.24) is 4.98 Å². The summed E-state index contributed by atoms with van der Waals surface area (Å²) in [6, 6.07) is 63.6. The highest BCUT2D eigenvalue weighted by Gasteiger charge is 2.52. The number of nitrogens with zero attached hydrogens (tertiary/aromatic N) is 3. The van der Waals surface area contributed by atoms with E-state index in [2.05, 4.69) is 297 Å². The molecule has 2 aliphatic heterocycles. The Labute approximate surface area is 510 Å². The molecule has 0 N–H and O–H groups in total. The zero-order valence-electron chi connectivity index (χ0n) is 54.2.